The molecule has 1 aliphatic heterocycles. The molecule has 19 heavy (non-hydrogen) atoms. The van der Waals surface area contributed by atoms with Crippen LogP contribution < -0.4 is 5.32 Å². The molecule has 0 saturated carbocycles. The maximum absolute atomic E-state index is 11.3. The predicted molar refractivity (Wildman–Crippen MR) is 75.8 cm³/mol. The minimum atomic E-state index is -3.02. The fourth-order valence-corrected chi connectivity index (χ4v) is 3.44. The topological polar surface area (TPSA) is 74.8 Å². The van der Waals surface area contributed by atoms with Crippen molar-refractivity contribution in [2.75, 3.05) is 5.75 Å². The van der Waals surface area contributed by atoms with Gasteiger partial charge in [-0.15, -0.1) is 0 Å². The van der Waals surface area contributed by atoms with Crippen molar-refractivity contribution < 1.29 is 8.42 Å². The van der Waals surface area contributed by atoms with Crippen LogP contribution in [0.2, 0.25) is 5.15 Å². The summed E-state index contributed by atoms with van der Waals surface area (Å²) in [5.41, 5.74) is 0.811. The summed E-state index contributed by atoms with van der Waals surface area (Å²) in [7, 11) is -3.02. The first-order chi connectivity index (χ1) is 9.00. The molecular weight excluding hydrogens is 286 g/mol. The number of halogens is 1. The average molecular weight is 304 g/mol. The standard InChI is InChI=1S/C12H18ClN3O2S/c1-2-3-4-11-15-10(12(13)16-11)7-14-9-5-6-19(17,18)8-9/h5-6,9,14H,2-4,7-8H2,1H3,(H,15,16). The Balaban J connectivity index is 1.89. The van der Waals surface area contributed by atoms with Crippen LogP contribution in [0.1, 0.15) is 31.3 Å². The van der Waals surface area contributed by atoms with Gasteiger partial charge >= 0.3 is 0 Å². The summed E-state index contributed by atoms with van der Waals surface area (Å²) >= 11 is 6.05. The lowest BCUT2D eigenvalue weighted by Crippen LogP contribution is -2.29. The van der Waals surface area contributed by atoms with Gasteiger partial charge in [0, 0.05) is 24.4 Å². The van der Waals surface area contributed by atoms with Gasteiger partial charge in [0.15, 0.2) is 15.0 Å². The van der Waals surface area contributed by atoms with Crippen molar-refractivity contribution in [3.63, 3.8) is 0 Å². The summed E-state index contributed by atoms with van der Waals surface area (Å²) in [5.74, 6) is 1.000. The maximum Gasteiger partial charge on any atom is 0.173 e. The smallest absolute Gasteiger partial charge is 0.173 e. The minimum absolute atomic E-state index is 0.113. The highest BCUT2D eigenvalue weighted by atomic mass is 35.5. The molecule has 0 aliphatic carbocycles. The molecule has 0 bridgehead atoms. The Kier molecular flexibility index (Phi) is 4.65. The molecule has 1 aliphatic rings. The molecule has 2 N–H and O–H groups in total. The van der Waals surface area contributed by atoms with E-state index in [0.29, 0.717) is 11.7 Å². The Bertz CT molecular complexity index is 566. The summed E-state index contributed by atoms with van der Waals surface area (Å²) < 4.78 is 22.5. The van der Waals surface area contributed by atoms with Crippen molar-refractivity contribution >= 4 is 21.4 Å². The van der Waals surface area contributed by atoms with Crippen LogP contribution in [-0.2, 0) is 22.8 Å². The zero-order valence-corrected chi connectivity index (χ0v) is 12.4. The third-order valence-corrected chi connectivity index (χ3v) is 4.72. The molecule has 0 saturated heterocycles. The zero-order valence-electron chi connectivity index (χ0n) is 10.8. The summed E-state index contributed by atoms with van der Waals surface area (Å²) in [6.07, 6.45) is 4.72. The van der Waals surface area contributed by atoms with Gasteiger partial charge in [0.25, 0.3) is 0 Å². The number of nitrogens with zero attached hydrogens (tertiary/aromatic N) is 1. The molecule has 7 heteroatoms. The highest BCUT2D eigenvalue weighted by Crippen LogP contribution is 2.15. The number of hydrogen-bond donors (Lipinski definition) is 2. The number of rotatable bonds is 6. The van der Waals surface area contributed by atoms with Crippen molar-refractivity contribution in [3.05, 3.63) is 28.2 Å². The molecule has 0 aromatic carbocycles. The summed E-state index contributed by atoms with van der Waals surface area (Å²) in [6, 6.07) is -0.150. The molecular formula is C12H18ClN3O2S. The Hall–Kier alpha value is -0.850. The van der Waals surface area contributed by atoms with Crippen molar-refractivity contribution in [2.45, 2.75) is 38.8 Å². The zero-order chi connectivity index (χ0) is 13.9. The maximum atomic E-state index is 11.3. The average Bonchev–Trinajstić information content (AvgIpc) is 2.87. The Morgan fingerprint density at radius 2 is 2.37 bits per heavy atom. The molecule has 0 radical (unpaired) electrons. The second-order valence-electron chi connectivity index (χ2n) is 4.70. The molecule has 106 valence electrons. The molecule has 2 rings (SSSR count). The van der Waals surface area contributed by atoms with Crippen LogP contribution in [0.4, 0.5) is 0 Å². The van der Waals surface area contributed by atoms with E-state index >= 15 is 0 Å². The van der Waals surface area contributed by atoms with Gasteiger partial charge < -0.3 is 10.3 Å². The van der Waals surface area contributed by atoms with Crippen molar-refractivity contribution in [1.82, 2.24) is 15.3 Å². The highest BCUT2D eigenvalue weighted by Gasteiger charge is 2.21. The third-order valence-electron chi connectivity index (χ3n) is 3.02. The van der Waals surface area contributed by atoms with Crippen molar-refractivity contribution in [2.24, 2.45) is 0 Å². The molecule has 1 aromatic heterocycles. The summed E-state index contributed by atoms with van der Waals surface area (Å²) in [4.78, 5) is 7.44. The molecule has 0 fully saturated rings. The number of sulfone groups is 1. The fourth-order valence-electron chi connectivity index (χ4n) is 1.96. The molecule has 1 unspecified atom stereocenters. The Labute approximate surface area is 118 Å². The lowest BCUT2D eigenvalue weighted by molar-refractivity contribution is 0.588. The first kappa shape index (κ1) is 14.6. The van der Waals surface area contributed by atoms with Gasteiger partial charge in [0.2, 0.25) is 0 Å². The molecule has 2 heterocycles. The number of hydrogen-bond acceptors (Lipinski definition) is 4. The fraction of sp³-hybridized carbons (Fsp3) is 0.583. The van der Waals surface area contributed by atoms with E-state index in [1.54, 1.807) is 6.08 Å². The van der Waals surface area contributed by atoms with Crippen LogP contribution in [0.3, 0.4) is 0 Å². The summed E-state index contributed by atoms with van der Waals surface area (Å²) in [5, 5.41) is 4.86. The van der Waals surface area contributed by atoms with Crippen molar-refractivity contribution in [1.29, 1.82) is 0 Å². The van der Waals surface area contributed by atoms with E-state index in [-0.39, 0.29) is 11.8 Å². The first-order valence-electron chi connectivity index (χ1n) is 6.38. The van der Waals surface area contributed by atoms with Gasteiger partial charge in [-0.2, -0.15) is 0 Å². The molecule has 0 spiro atoms. The van der Waals surface area contributed by atoms with Crippen LogP contribution in [-0.4, -0.2) is 30.2 Å². The third kappa shape index (κ3) is 4.06. The number of aromatic nitrogens is 2. The van der Waals surface area contributed by atoms with E-state index < -0.39 is 9.84 Å². The van der Waals surface area contributed by atoms with Crippen LogP contribution >= 0.6 is 11.6 Å². The molecule has 5 nitrogen and oxygen atoms in total. The lowest BCUT2D eigenvalue weighted by Gasteiger charge is -2.08. The monoisotopic (exact) mass is 303 g/mol. The van der Waals surface area contributed by atoms with Gasteiger partial charge in [-0.1, -0.05) is 31.0 Å². The highest BCUT2D eigenvalue weighted by molar-refractivity contribution is 7.94. The van der Waals surface area contributed by atoms with E-state index in [2.05, 4.69) is 22.2 Å². The van der Waals surface area contributed by atoms with Gasteiger partial charge in [0.05, 0.1) is 11.4 Å². The molecule has 0 amide bonds. The number of imidazole rings is 1. The first-order valence-corrected chi connectivity index (χ1v) is 8.47. The Morgan fingerprint density at radius 1 is 1.58 bits per heavy atom. The summed E-state index contributed by atoms with van der Waals surface area (Å²) in [6.45, 7) is 2.61. The second kappa shape index (κ2) is 6.07. The van der Waals surface area contributed by atoms with Crippen LogP contribution in [0.15, 0.2) is 11.5 Å². The quantitative estimate of drug-likeness (QED) is 0.840. The number of unbranched alkanes of at least 4 members (excludes halogenated alkanes) is 1. The van der Waals surface area contributed by atoms with E-state index in [1.807, 2.05) is 0 Å². The SMILES string of the molecule is CCCCc1nc(Cl)c(CNC2C=CS(=O)(=O)C2)[nH]1. The van der Waals surface area contributed by atoms with E-state index in [0.717, 1.165) is 30.8 Å². The van der Waals surface area contributed by atoms with E-state index in [9.17, 15) is 8.42 Å². The van der Waals surface area contributed by atoms with Crippen molar-refractivity contribution in [3.8, 4) is 0 Å². The molecule has 1 aromatic rings. The van der Waals surface area contributed by atoms with E-state index in [4.69, 9.17) is 11.6 Å². The lowest BCUT2D eigenvalue weighted by atomic mass is 10.2. The van der Waals surface area contributed by atoms with Crippen LogP contribution in [0, 0.1) is 0 Å². The normalized spacial score (nSPS) is 21.1. The Morgan fingerprint density at radius 3 is 3.00 bits per heavy atom. The number of H-pyrrole nitrogens is 1. The van der Waals surface area contributed by atoms with Crippen LogP contribution in [0.25, 0.3) is 0 Å². The van der Waals surface area contributed by atoms with Gasteiger partial charge in [0.1, 0.15) is 5.82 Å². The minimum Gasteiger partial charge on any atom is -0.344 e. The predicted octanol–water partition coefficient (Wildman–Crippen LogP) is 1.81. The largest absolute Gasteiger partial charge is 0.344 e. The van der Waals surface area contributed by atoms with Gasteiger partial charge in [-0.3, -0.25) is 0 Å². The van der Waals surface area contributed by atoms with Crippen LogP contribution in [0.5, 0.6) is 0 Å². The number of nitrogens with one attached hydrogen (secondary N) is 2. The second-order valence-corrected chi connectivity index (χ2v) is 6.99. The van der Waals surface area contributed by atoms with Gasteiger partial charge in [-0.05, 0) is 6.42 Å². The number of aromatic amines is 1. The molecule has 1 atom stereocenters. The van der Waals surface area contributed by atoms with E-state index in [1.165, 1.54) is 5.41 Å². The number of aryl methyl sites for hydroxylation is 1. The van der Waals surface area contributed by atoms with Gasteiger partial charge in [-0.25, -0.2) is 13.4 Å².